The SMILES string of the molecule is CNC(=O)c1[nH]nc2c1C(=O)C(SCCOCC(=O)Nc1ccccc1)=CC2=O. The van der Waals surface area contributed by atoms with Gasteiger partial charge in [0.05, 0.1) is 17.1 Å². The Labute approximate surface area is 170 Å². The van der Waals surface area contributed by atoms with Crippen LogP contribution >= 0.6 is 11.8 Å². The summed E-state index contributed by atoms with van der Waals surface area (Å²) in [4.78, 5) is 48.7. The van der Waals surface area contributed by atoms with Crippen molar-refractivity contribution in [3.05, 3.63) is 58.3 Å². The third-order valence-electron chi connectivity index (χ3n) is 3.94. The highest BCUT2D eigenvalue weighted by atomic mass is 32.2. The Morgan fingerprint density at radius 1 is 1.21 bits per heavy atom. The van der Waals surface area contributed by atoms with Gasteiger partial charge in [-0.25, -0.2) is 0 Å². The molecule has 3 rings (SSSR count). The van der Waals surface area contributed by atoms with Crippen molar-refractivity contribution >= 4 is 40.8 Å². The Balaban J connectivity index is 1.49. The first kappa shape index (κ1) is 20.5. The van der Waals surface area contributed by atoms with Crippen molar-refractivity contribution in [2.45, 2.75) is 0 Å². The van der Waals surface area contributed by atoms with Crippen LogP contribution in [0.5, 0.6) is 0 Å². The third-order valence-corrected chi connectivity index (χ3v) is 4.93. The number of nitrogens with zero attached hydrogens (tertiary/aromatic N) is 1. The molecule has 1 aliphatic carbocycles. The number of para-hydroxylation sites is 1. The number of aromatic amines is 1. The minimum Gasteiger partial charge on any atom is -0.371 e. The van der Waals surface area contributed by atoms with Gasteiger partial charge in [-0.05, 0) is 12.1 Å². The number of carbonyl (C=O) groups is 4. The van der Waals surface area contributed by atoms with Crippen LogP contribution in [0.15, 0.2) is 41.3 Å². The summed E-state index contributed by atoms with van der Waals surface area (Å²) in [5.41, 5.74) is 0.546. The summed E-state index contributed by atoms with van der Waals surface area (Å²) in [6, 6.07) is 9.00. The summed E-state index contributed by atoms with van der Waals surface area (Å²) < 4.78 is 5.32. The van der Waals surface area contributed by atoms with Crippen molar-refractivity contribution in [2.24, 2.45) is 0 Å². The Morgan fingerprint density at radius 3 is 2.69 bits per heavy atom. The fourth-order valence-corrected chi connectivity index (χ4v) is 3.45. The number of nitrogens with one attached hydrogen (secondary N) is 3. The number of fused-ring (bicyclic) bond motifs is 1. The number of amides is 2. The van der Waals surface area contributed by atoms with Crippen LogP contribution in [0, 0.1) is 0 Å². The number of rotatable bonds is 8. The van der Waals surface area contributed by atoms with Gasteiger partial charge in [0, 0.05) is 24.6 Å². The van der Waals surface area contributed by atoms with Crippen LogP contribution in [-0.4, -0.2) is 59.6 Å². The maximum absolute atomic E-state index is 12.7. The molecule has 9 nitrogen and oxygen atoms in total. The predicted octanol–water partition coefficient (Wildman–Crippen LogP) is 1.42. The molecule has 2 amide bonds. The highest BCUT2D eigenvalue weighted by molar-refractivity contribution is 8.04. The Kier molecular flexibility index (Phi) is 6.57. The maximum Gasteiger partial charge on any atom is 0.269 e. The van der Waals surface area contributed by atoms with E-state index in [9.17, 15) is 19.2 Å². The Hall–Kier alpha value is -3.24. The zero-order chi connectivity index (χ0) is 20.8. The van der Waals surface area contributed by atoms with Crippen LogP contribution in [-0.2, 0) is 9.53 Å². The molecular formula is C19H18N4O5S. The van der Waals surface area contributed by atoms with Crippen molar-refractivity contribution in [1.29, 1.82) is 0 Å². The van der Waals surface area contributed by atoms with Crippen LogP contribution in [0.3, 0.4) is 0 Å². The van der Waals surface area contributed by atoms with E-state index in [0.717, 1.165) is 11.8 Å². The molecule has 0 saturated heterocycles. The average Bonchev–Trinajstić information content (AvgIpc) is 3.17. The molecule has 0 saturated carbocycles. The van der Waals surface area contributed by atoms with Crippen molar-refractivity contribution < 1.29 is 23.9 Å². The zero-order valence-corrected chi connectivity index (χ0v) is 16.3. The van der Waals surface area contributed by atoms with Gasteiger partial charge in [-0.3, -0.25) is 24.3 Å². The van der Waals surface area contributed by atoms with Crippen molar-refractivity contribution in [2.75, 3.05) is 31.3 Å². The lowest BCUT2D eigenvalue weighted by Crippen LogP contribution is -2.23. The van der Waals surface area contributed by atoms with E-state index in [4.69, 9.17) is 4.74 Å². The molecule has 3 N–H and O–H groups in total. The third kappa shape index (κ3) is 4.79. The largest absolute Gasteiger partial charge is 0.371 e. The Morgan fingerprint density at radius 2 is 1.97 bits per heavy atom. The standard InChI is InChI=1S/C19H18N4O5S/c1-20-19(27)17-15-16(22-23-17)12(24)9-13(18(15)26)29-8-7-28-10-14(25)21-11-5-3-2-4-6-11/h2-6,9H,7-8,10H2,1H3,(H,20,27)(H,21,25)(H,22,23). The van der Waals surface area contributed by atoms with Crippen LogP contribution < -0.4 is 10.6 Å². The second-order valence-corrected chi connectivity index (χ2v) is 7.06. The molecule has 29 heavy (non-hydrogen) atoms. The molecule has 1 aromatic carbocycles. The first-order valence-electron chi connectivity index (χ1n) is 8.68. The highest BCUT2D eigenvalue weighted by Crippen LogP contribution is 2.29. The molecule has 0 bridgehead atoms. The van der Waals surface area contributed by atoms with Crippen LogP contribution in [0.25, 0.3) is 0 Å². The molecule has 10 heteroatoms. The number of thioether (sulfide) groups is 1. The van der Waals surface area contributed by atoms with Crippen LogP contribution in [0.4, 0.5) is 5.69 Å². The molecule has 0 unspecified atom stereocenters. The second kappa shape index (κ2) is 9.30. The topological polar surface area (TPSA) is 130 Å². The van der Waals surface area contributed by atoms with E-state index in [0.29, 0.717) is 11.4 Å². The van der Waals surface area contributed by atoms with Crippen molar-refractivity contribution in [1.82, 2.24) is 15.5 Å². The summed E-state index contributed by atoms with van der Waals surface area (Å²) in [5, 5.41) is 11.3. The molecule has 0 spiro atoms. The van der Waals surface area contributed by atoms with E-state index < -0.39 is 17.5 Å². The molecular weight excluding hydrogens is 396 g/mol. The highest BCUT2D eigenvalue weighted by Gasteiger charge is 2.33. The summed E-state index contributed by atoms with van der Waals surface area (Å²) in [6.07, 6.45) is 1.20. The quantitative estimate of drug-likeness (QED) is 0.557. The molecule has 0 fully saturated rings. The van der Waals surface area contributed by atoms with Crippen molar-refractivity contribution in [3.63, 3.8) is 0 Å². The van der Waals surface area contributed by atoms with Crippen LogP contribution in [0.2, 0.25) is 0 Å². The summed E-state index contributed by atoms with van der Waals surface area (Å²) in [6.45, 7) is 0.0698. The van der Waals surface area contributed by atoms with Gasteiger partial charge in [-0.2, -0.15) is 5.10 Å². The number of ether oxygens (including phenoxy) is 1. The fraction of sp³-hybridized carbons (Fsp3) is 0.211. The number of carbonyl (C=O) groups excluding carboxylic acids is 4. The molecule has 1 heterocycles. The van der Waals surface area contributed by atoms with Crippen LogP contribution in [0.1, 0.15) is 31.3 Å². The van der Waals surface area contributed by atoms with Gasteiger partial charge in [0.15, 0.2) is 0 Å². The normalized spacial score (nSPS) is 12.9. The van der Waals surface area contributed by atoms with E-state index >= 15 is 0 Å². The predicted molar refractivity (Wildman–Crippen MR) is 107 cm³/mol. The lowest BCUT2D eigenvalue weighted by atomic mass is 9.99. The minimum atomic E-state index is -0.529. The summed E-state index contributed by atoms with van der Waals surface area (Å²) in [5.74, 6) is -1.36. The van der Waals surface area contributed by atoms with Gasteiger partial charge in [-0.1, -0.05) is 18.2 Å². The van der Waals surface area contributed by atoms with Crippen molar-refractivity contribution in [3.8, 4) is 0 Å². The summed E-state index contributed by atoms with van der Waals surface area (Å²) in [7, 11) is 1.42. The number of anilines is 1. The van der Waals surface area contributed by atoms with Gasteiger partial charge in [0.2, 0.25) is 17.5 Å². The average molecular weight is 414 g/mol. The number of H-pyrrole nitrogens is 1. The lowest BCUT2D eigenvalue weighted by molar-refractivity contribution is -0.120. The second-order valence-electron chi connectivity index (χ2n) is 5.92. The monoisotopic (exact) mass is 414 g/mol. The summed E-state index contributed by atoms with van der Waals surface area (Å²) >= 11 is 1.12. The number of benzene rings is 1. The maximum atomic E-state index is 12.7. The first-order valence-corrected chi connectivity index (χ1v) is 9.66. The molecule has 150 valence electrons. The molecule has 1 aromatic heterocycles. The molecule has 2 aromatic rings. The van der Waals surface area contributed by atoms with E-state index in [1.165, 1.54) is 13.1 Å². The van der Waals surface area contributed by atoms with E-state index in [1.54, 1.807) is 12.1 Å². The zero-order valence-electron chi connectivity index (χ0n) is 15.5. The van der Waals surface area contributed by atoms with Gasteiger partial charge >= 0.3 is 0 Å². The van der Waals surface area contributed by atoms with Gasteiger partial charge in [-0.15, -0.1) is 11.8 Å². The molecule has 0 aliphatic heterocycles. The number of ketones is 2. The number of hydrogen-bond acceptors (Lipinski definition) is 7. The molecule has 0 atom stereocenters. The van der Waals surface area contributed by atoms with Gasteiger partial charge < -0.3 is 15.4 Å². The fourth-order valence-electron chi connectivity index (χ4n) is 2.61. The van der Waals surface area contributed by atoms with E-state index in [2.05, 4.69) is 20.8 Å². The smallest absolute Gasteiger partial charge is 0.269 e. The molecule has 0 radical (unpaired) electrons. The number of hydrogen-bond donors (Lipinski definition) is 3. The molecule has 1 aliphatic rings. The van der Waals surface area contributed by atoms with Gasteiger partial charge in [0.25, 0.3) is 5.91 Å². The van der Waals surface area contributed by atoms with E-state index in [-0.39, 0.29) is 41.0 Å². The lowest BCUT2D eigenvalue weighted by Gasteiger charge is -2.12. The van der Waals surface area contributed by atoms with E-state index in [1.807, 2.05) is 18.2 Å². The van der Waals surface area contributed by atoms with Gasteiger partial charge in [0.1, 0.15) is 18.0 Å². The minimum absolute atomic E-state index is 0.0255. The number of aromatic nitrogens is 2. The number of Topliss-reactive ketones (excluding diaryl/α,β-unsaturated/α-hetero) is 1. The number of allylic oxidation sites excluding steroid dienone is 2. The Bertz CT molecular complexity index is 984. The first-order chi connectivity index (χ1) is 14.0.